The van der Waals surface area contributed by atoms with Gasteiger partial charge < -0.3 is 10.2 Å². The molecule has 4 amide bonds. The van der Waals surface area contributed by atoms with Crippen LogP contribution in [-0.2, 0) is 16.0 Å². The summed E-state index contributed by atoms with van der Waals surface area (Å²) in [6.45, 7) is 6.38. The van der Waals surface area contributed by atoms with E-state index >= 15 is 0 Å². The van der Waals surface area contributed by atoms with Gasteiger partial charge in [-0.3, -0.25) is 19.5 Å². The second-order valence-corrected chi connectivity index (χ2v) is 7.77. The number of likely N-dealkylation sites (tertiary alicyclic amines) is 1. The lowest BCUT2D eigenvalue weighted by Crippen LogP contribution is -2.47. The molecule has 1 N–H and O–H groups in total. The first-order valence-electron chi connectivity index (χ1n) is 9.10. The number of piperidine rings is 1. The number of pyridine rings is 1. The van der Waals surface area contributed by atoms with Gasteiger partial charge in [0, 0.05) is 24.5 Å². The van der Waals surface area contributed by atoms with Crippen LogP contribution in [0.25, 0.3) is 0 Å². The molecule has 7 heteroatoms. The van der Waals surface area contributed by atoms with Gasteiger partial charge in [0.05, 0.1) is 0 Å². The van der Waals surface area contributed by atoms with E-state index < -0.39 is 11.6 Å². The number of urea groups is 1. The number of imide groups is 1. The van der Waals surface area contributed by atoms with Crippen molar-refractivity contribution in [3.63, 3.8) is 0 Å². The van der Waals surface area contributed by atoms with Gasteiger partial charge in [0.25, 0.3) is 5.91 Å². The van der Waals surface area contributed by atoms with Crippen molar-refractivity contribution in [3.05, 3.63) is 29.6 Å². The van der Waals surface area contributed by atoms with Crippen LogP contribution in [0, 0.1) is 12.8 Å². The van der Waals surface area contributed by atoms with E-state index in [0.717, 1.165) is 35.6 Å². The van der Waals surface area contributed by atoms with E-state index in [0.29, 0.717) is 19.0 Å². The van der Waals surface area contributed by atoms with E-state index in [4.69, 9.17) is 0 Å². The molecule has 7 nitrogen and oxygen atoms in total. The van der Waals surface area contributed by atoms with E-state index in [9.17, 15) is 14.4 Å². The first kappa shape index (κ1) is 18.4. The van der Waals surface area contributed by atoms with Crippen LogP contribution in [0.15, 0.2) is 18.2 Å². The Bertz CT molecular complexity index is 731. The summed E-state index contributed by atoms with van der Waals surface area (Å²) in [4.78, 5) is 44.2. The number of aryl methyl sites for hydroxylation is 1. The second-order valence-electron chi connectivity index (χ2n) is 7.77. The molecule has 140 valence electrons. The van der Waals surface area contributed by atoms with Crippen LogP contribution in [0.3, 0.4) is 0 Å². The second kappa shape index (κ2) is 7.05. The number of carbonyl (C=O) groups is 3. The Morgan fingerprint density at radius 2 is 2.12 bits per heavy atom. The first-order valence-corrected chi connectivity index (χ1v) is 9.10. The van der Waals surface area contributed by atoms with Gasteiger partial charge in [-0.15, -0.1) is 0 Å². The van der Waals surface area contributed by atoms with Crippen molar-refractivity contribution in [2.24, 2.45) is 5.92 Å². The Balaban J connectivity index is 1.60. The molecule has 2 fully saturated rings. The Morgan fingerprint density at radius 3 is 2.77 bits per heavy atom. The number of rotatable bonds is 4. The van der Waals surface area contributed by atoms with Gasteiger partial charge in [-0.1, -0.05) is 6.07 Å². The minimum atomic E-state index is -0.946. The summed E-state index contributed by atoms with van der Waals surface area (Å²) in [7, 11) is 0. The van der Waals surface area contributed by atoms with Crippen molar-refractivity contribution in [1.29, 1.82) is 0 Å². The van der Waals surface area contributed by atoms with E-state index in [-0.39, 0.29) is 18.4 Å². The Hall–Kier alpha value is -2.44. The monoisotopic (exact) mass is 358 g/mol. The minimum absolute atomic E-state index is 0.173. The fourth-order valence-electron chi connectivity index (χ4n) is 3.66. The molecule has 1 atom stereocenters. The summed E-state index contributed by atoms with van der Waals surface area (Å²) in [5.74, 6) is -0.178. The maximum Gasteiger partial charge on any atom is 0.325 e. The van der Waals surface area contributed by atoms with Crippen molar-refractivity contribution in [1.82, 2.24) is 20.1 Å². The molecule has 2 aliphatic rings. The molecule has 0 bridgehead atoms. The lowest BCUT2D eigenvalue weighted by Gasteiger charge is -2.33. The summed E-state index contributed by atoms with van der Waals surface area (Å²) < 4.78 is 0. The standard InChI is InChI=1S/C19H26N4O3/c1-13-6-4-8-15(20-13)10-14-7-5-9-22(11-14)16(24)12-23-17(25)19(2,3)21-18(23)26/h4,6,8,14H,5,7,9-12H2,1-3H3,(H,21,26)/t14-/m1/s1. The van der Waals surface area contributed by atoms with E-state index in [1.807, 2.05) is 25.1 Å². The molecule has 0 aliphatic carbocycles. The molecular weight excluding hydrogens is 332 g/mol. The third-order valence-corrected chi connectivity index (χ3v) is 5.05. The molecule has 3 heterocycles. The Morgan fingerprint density at radius 1 is 1.35 bits per heavy atom. The average molecular weight is 358 g/mol. The van der Waals surface area contributed by atoms with Gasteiger partial charge in [0.15, 0.2) is 0 Å². The highest BCUT2D eigenvalue weighted by Crippen LogP contribution is 2.22. The Kier molecular flexibility index (Phi) is 4.98. The van der Waals surface area contributed by atoms with Gasteiger partial charge in [0.1, 0.15) is 12.1 Å². The summed E-state index contributed by atoms with van der Waals surface area (Å²) in [6.07, 6.45) is 2.81. The number of nitrogens with zero attached hydrogens (tertiary/aromatic N) is 3. The quantitative estimate of drug-likeness (QED) is 0.827. The maximum absolute atomic E-state index is 12.6. The minimum Gasteiger partial charge on any atom is -0.341 e. The fraction of sp³-hybridized carbons (Fsp3) is 0.579. The number of nitrogens with one attached hydrogen (secondary N) is 1. The zero-order valence-corrected chi connectivity index (χ0v) is 15.6. The third-order valence-electron chi connectivity index (χ3n) is 5.05. The molecule has 2 saturated heterocycles. The van der Waals surface area contributed by atoms with E-state index in [1.165, 1.54) is 0 Å². The van der Waals surface area contributed by atoms with Gasteiger partial charge in [0.2, 0.25) is 5.91 Å². The molecule has 1 aromatic rings. The molecule has 3 rings (SSSR count). The molecule has 26 heavy (non-hydrogen) atoms. The number of hydrogen-bond donors (Lipinski definition) is 1. The highest BCUT2D eigenvalue weighted by atomic mass is 16.2. The van der Waals surface area contributed by atoms with Gasteiger partial charge in [-0.25, -0.2) is 4.79 Å². The van der Waals surface area contributed by atoms with Crippen molar-refractivity contribution in [2.45, 2.75) is 45.6 Å². The topological polar surface area (TPSA) is 82.6 Å². The predicted octanol–water partition coefficient (Wildman–Crippen LogP) is 1.50. The molecule has 1 aromatic heterocycles. The number of hydrogen-bond acceptors (Lipinski definition) is 4. The zero-order chi connectivity index (χ0) is 18.9. The molecule has 0 unspecified atom stereocenters. The molecule has 0 saturated carbocycles. The van der Waals surface area contributed by atoms with E-state index in [1.54, 1.807) is 18.7 Å². The predicted molar refractivity (Wildman–Crippen MR) is 96.3 cm³/mol. The smallest absolute Gasteiger partial charge is 0.325 e. The summed E-state index contributed by atoms with van der Waals surface area (Å²) in [5, 5.41) is 2.61. The van der Waals surface area contributed by atoms with Crippen molar-refractivity contribution < 1.29 is 14.4 Å². The Labute approximate surface area is 153 Å². The largest absolute Gasteiger partial charge is 0.341 e. The summed E-state index contributed by atoms with van der Waals surface area (Å²) in [6, 6.07) is 5.50. The normalized spacial score (nSPS) is 22.5. The summed E-state index contributed by atoms with van der Waals surface area (Å²) >= 11 is 0. The van der Waals surface area contributed by atoms with Gasteiger partial charge in [-0.05, 0) is 58.1 Å². The van der Waals surface area contributed by atoms with Crippen molar-refractivity contribution >= 4 is 17.8 Å². The van der Waals surface area contributed by atoms with Gasteiger partial charge in [-0.2, -0.15) is 0 Å². The van der Waals surface area contributed by atoms with Crippen molar-refractivity contribution in [2.75, 3.05) is 19.6 Å². The lowest BCUT2D eigenvalue weighted by molar-refractivity contribution is -0.139. The SMILES string of the molecule is Cc1cccc(C[C@H]2CCCN(C(=O)CN3C(=O)NC(C)(C)C3=O)C2)n1. The highest BCUT2D eigenvalue weighted by Gasteiger charge is 2.45. The van der Waals surface area contributed by atoms with Crippen LogP contribution < -0.4 is 5.32 Å². The van der Waals surface area contributed by atoms with Crippen LogP contribution in [0.1, 0.15) is 38.1 Å². The van der Waals surface area contributed by atoms with E-state index in [2.05, 4.69) is 10.3 Å². The van der Waals surface area contributed by atoms with Gasteiger partial charge >= 0.3 is 6.03 Å². The fourth-order valence-corrected chi connectivity index (χ4v) is 3.66. The van der Waals surface area contributed by atoms with Crippen LogP contribution in [0.5, 0.6) is 0 Å². The average Bonchev–Trinajstić information content (AvgIpc) is 2.77. The molecular formula is C19H26N4O3. The third kappa shape index (κ3) is 3.86. The summed E-state index contributed by atoms with van der Waals surface area (Å²) in [5.41, 5.74) is 1.09. The first-order chi connectivity index (χ1) is 12.3. The maximum atomic E-state index is 12.6. The highest BCUT2D eigenvalue weighted by molar-refractivity contribution is 6.08. The molecule has 0 radical (unpaired) electrons. The number of carbonyl (C=O) groups excluding carboxylic acids is 3. The van der Waals surface area contributed by atoms with Crippen LogP contribution >= 0.6 is 0 Å². The van der Waals surface area contributed by atoms with Crippen LogP contribution in [-0.4, -0.2) is 57.8 Å². The number of amides is 4. The van der Waals surface area contributed by atoms with Crippen LogP contribution in [0.4, 0.5) is 4.79 Å². The molecule has 2 aliphatic heterocycles. The van der Waals surface area contributed by atoms with Crippen LogP contribution in [0.2, 0.25) is 0 Å². The molecule has 0 aromatic carbocycles. The zero-order valence-electron chi connectivity index (χ0n) is 15.6. The lowest BCUT2D eigenvalue weighted by atomic mass is 9.93. The number of aromatic nitrogens is 1. The molecule has 0 spiro atoms. The van der Waals surface area contributed by atoms with Crippen molar-refractivity contribution in [3.8, 4) is 0 Å².